The molecule has 2 heterocycles. The van der Waals surface area contributed by atoms with E-state index in [9.17, 15) is 0 Å². The number of nitrogens with zero attached hydrogens (tertiary/aromatic N) is 3. The van der Waals surface area contributed by atoms with Crippen LogP contribution in [0.3, 0.4) is 0 Å². The van der Waals surface area contributed by atoms with Crippen LogP contribution in [-0.2, 0) is 7.05 Å². The van der Waals surface area contributed by atoms with Crippen molar-refractivity contribution in [3.8, 4) is 5.69 Å². The second kappa shape index (κ2) is 5.25. The van der Waals surface area contributed by atoms with Gasteiger partial charge in [0.25, 0.3) is 0 Å². The van der Waals surface area contributed by atoms with Crippen LogP contribution in [0.25, 0.3) is 5.69 Å². The number of nitrogens with one attached hydrogen (secondary N) is 1. The van der Waals surface area contributed by atoms with Crippen molar-refractivity contribution in [1.82, 2.24) is 14.1 Å². The zero-order valence-corrected chi connectivity index (χ0v) is 11.7. The molecular formula is C16H18N4. The zero-order chi connectivity index (χ0) is 13.9. The molecule has 0 aliphatic heterocycles. The van der Waals surface area contributed by atoms with Crippen molar-refractivity contribution in [3.63, 3.8) is 0 Å². The first-order valence-corrected chi connectivity index (χ1v) is 6.71. The molecule has 4 heteroatoms. The molecular weight excluding hydrogens is 248 g/mol. The highest BCUT2D eigenvalue weighted by atomic mass is 15.1. The van der Waals surface area contributed by atoms with Gasteiger partial charge in [0.15, 0.2) is 0 Å². The lowest BCUT2D eigenvalue weighted by Crippen LogP contribution is -2.12. The summed E-state index contributed by atoms with van der Waals surface area (Å²) in [6.07, 6.45) is 7.87. The van der Waals surface area contributed by atoms with Crippen molar-refractivity contribution in [1.29, 1.82) is 0 Å². The van der Waals surface area contributed by atoms with Crippen LogP contribution in [0, 0.1) is 0 Å². The maximum absolute atomic E-state index is 4.38. The van der Waals surface area contributed by atoms with Crippen LogP contribution >= 0.6 is 0 Å². The molecule has 0 aliphatic carbocycles. The SMILES string of the molecule is CC(Nc1cccc(-n2cccc2)c1)c1nccn1C. The number of aromatic nitrogens is 3. The fraction of sp³-hybridized carbons (Fsp3) is 0.188. The Morgan fingerprint density at radius 1 is 1.10 bits per heavy atom. The summed E-state index contributed by atoms with van der Waals surface area (Å²) in [4.78, 5) is 4.38. The van der Waals surface area contributed by atoms with Gasteiger partial charge in [0.1, 0.15) is 5.82 Å². The molecule has 0 spiro atoms. The fourth-order valence-electron chi connectivity index (χ4n) is 2.37. The molecule has 0 aliphatic rings. The molecule has 1 aromatic carbocycles. The third-order valence-corrected chi connectivity index (χ3v) is 3.38. The summed E-state index contributed by atoms with van der Waals surface area (Å²) in [7, 11) is 2.01. The smallest absolute Gasteiger partial charge is 0.130 e. The highest BCUT2D eigenvalue weighted by Gasteiger charge is 2.10. The van der Waals surface area contributed by atoms with Crippen molar-refractivity contribution in [2.45, 2.75) is 13.0 Å². The van der Waals surface area contributed by atoms with Gasteiger partial charge in [-0.15, -0.1) is 0 Å². The minimum absolute atomic E-state index is 0.162. The number of imidazole rings is 1. The van der Waals surface area contributed by atoms with Gasteiger partial charge in [0.2, 0.25) is 0 Å². The summed E-state index contributed by atoms with van der Waals surface area (Å²) in [5, 5.41) is 3.49. The summed E-state index contributed by atoms with van der Waals surface area (Å²) in [5.74, 6) is 1.02. The number of hydrogen-bond acceptors (Lipinski definition) is 2. The first kappa shape index (κ1) is 12.5. The molecule has 4 nitrogen and oxygen atoms in total. The normalized spacial score (nSPS) is 12.3. The molecule has 0 radical (unpaired) electrons. The number of benzene rings is 1. The molecule has 0 saturated carbocycles. The number of rotatable bonds is 4. The quantitative estimate of drug-likeness (QED) is 0.785. The van der Waals surface area contributed by atoms with Crippen LogP contribution in [0.4, 0.5) is 5.69 Å². The predicted molar refractivity (Wildman–Crippen MR) is 81.0 cm³/mol. The van der Waals surface area contributed by atoms with Crippen molar-refractivity contribution in [2.75, 3.05) is 5.32 Å². The molecule has 3 aromatic rings. The molecule has 0 amide bonds. The third kappa shape index (κ3) is 2.45. The van der Waals surface area contributed by atoms with Crippen molar-refractivity contribution in [3.05, 3.63) is 67.0 Å². The van der Waals surface area contributed by atoms with E-state index in [1.165, 1.54) is 0 Å². The Kier molecular flexibility index (Phi) is 3.29. The van der Waals surface area contributed by atoms with Gasteiger partial charge in [-0.2, -0.15) is 0 Å². The fourth-order valence-corrected chi connectivity index (χ4v) is 2.37. The standard InChI is InChI=1S/C16H18N4/c1-13(16-17-8-11-19(16)2)18-14-6-5-7-15(12-14)20-9-3-4-10-20/h3-13,18H,1-2H3. The van der Waals surface area contributed by atoms with Gasteiger partial charge >= 0.3 is 0 Å². The maximum Gasteiger partial charge on any atom is 0.130 e. The van der Waals surface area contributed by atoms with Crippen LogP contribution < -0.4 is 5.32 Å². The Morgan fingerprint density at radius 3 is 2.60 bits per heavy atom. The van der Waals surface area contributed by atoms with Gasteiger partial charge in [-0.25, -0.2) is 4.98 Å². The highest BCUT2D eigenvalue weighted by molar-refractivity contribution is 5.52. The Labute approximate surface area is 118 Å². The molecule has 20 heavy (non-hydrogen) atoms. The lowest BCUT2D eigenvalue weighted by Gasteiger charge is -2.16. The Morgan fingerprint density at radius 2 is 1.90 bits per heavy atom. The van der Waals surface area contributed by atoms with E-state index >= 15 is 0 Å². The minimum Gasteiger partial charge on any atom is -0.375 e. The topological polar surface area (TPSA) is 34.8 Å². The Bertz CT molecular complexity index is 682. The van der Waals surface area contributed by atoms with Crippen molar-refractivity contribution in [2.24, 2.45) is 7.05 Å². The average molecular weight is 266 g/mol. The maximum atomic E-state index is 4.38. The summed E-state index contributed by atoms with van der Waals surface area (Å²) in [5.41, 5.74) is 2.23. The second-order valence-electron chi connectivity index (χ2n) is 4.90. The van der Waals surface area contributed by atoms with Crippen molar-refractivity contribution >= 4 is 5.69 Å². The third-order valence-electron chi connectivity index (χ3n) is 3.38. The van der Waals surface area contributed by atoms with E-state index in [4.69, 9.17) is 0 Å². The summed E-state index contributed by atoms with van der Waals surface area (Å²) < 4.78 is 4.13. The van der Waals surface area contributed by atoms with E-state index in [1.54, 1.807) is 0 Å². The summed E-state index contributed by atoms with van der Waals surface area (Å²) in [6.45, 7) is 2.12. The molecule has 0 saturated heterocycles. The van der Waals surface area contributed by atoms with Crippen LogP contribution in [0.1, 0.15) is 18.8 Å². The van der Waals surface area contributed by atoms with Gasteiger partial charge in [-0.05, 0) is 37.3 Å². The molecule has 2 aromatic heterocycles. The van der Waals surface area contributed by atoms with E-state index in [-0.39, 0.29) is 6.04 Å². The van der Waals surface area contributed by atoms with Crippen LogP contribution in [0.2, 0.25) is 0 Å². The van der Waals surface area contributed by atoms with Crippen LogP contribution in [0.15, 0.2) is 61.2 Å². The number of aryl methyl sites for hydroxylation is 1. The molecule has 1 unspecified atom stereocenters. The Hall–Kier alpha value is -2.49. The Balaban J connectivity index is 1.81. The summed E-state index contributed by atoms with van der Waals surface area (Å²) >= 11 is 0. The minimum atomic E-state index is 0.162. The zero-order valence-electron chi connectivity index (χ0n) is 11.7. The van der Waals surface area contributed by atoms with E-state index in [0.29, 0.717) is 0 Å². The molecule has 1 N–H and O–H groups in total. The van der Waals surface area contributed by atoms with Crippen molar-refractivity contribution < 1.29 is 0 Å². The number of hydrogen-bond donors (Lipinski definition) is 1. The molecule has 102 valence electrons. The van der Waals surface area contributed by atoms with Gasteiger partial charge in [0, 0.05) is 43.2 Å². The van der Waals surface area contributed by atoms with Gasteiger partial charge in [-0.1, -0.05) is 6.07 Å². The monoisotopic (exact) mass is 266 g/mol. The van der Waals surface area contributed by atoms with Crippen LogP contribution in [-0.4, -0.2) is 14.1 Å². The van der Waals surface area contributed by atoms with Gasteiger partial charge in [0.05, 0.1) is 6.04 Å². The molecule has 3 rings (SSSR count). The molecule has 0 fully saturated rings. The summed E-state index contributed by atoms with van der Waals surface area (Å²) in [6, 6.07) is 12.6. The molecule has 0 bridgehead atoms. The lowest BCUT2D eigenvalue weighted by atomic mass is 10.2. The highest BCUT2D eigenvalue weighted by Crippen LogP contribution is 2.20. The number of anilines is 1. The predicted octanol–water partition coefficient (Wildman–Crippen LogP) is 3.38. The first-order chi connectivity index (χ1) is 9.74. The second-order valence-corrected chi connectivity index (χ2v) is 4.90. The van der Waals surface area contributed by atoms with Gasteiger partial charge in [-0.3, -0.25) is 0 Å². The van der Waals surface area contributed by atoms with Gasteiger partial charge < -0.3 is 14.5 Å². The lowest BCUT2D eigenvalue weighted by molar-refractivity contribution is 0.721. The molecule has 1 atom stereocenters. The van der Waals surface area contributed by atoms with Crippen LogP contribution in [0.5, 0.6) is 0 Å². The van der Waals surface area contributed by atoms with E-state index < -0.39 is 0 Å². The first-order valence-electron chi connectivity index (χ1n) is 6.71. The largest absolute Gasteiger partial charge is 0.375 e. The average Bonchev–Trinajstić information content (AvgIpc) is 3.09. The van der Waals surface area contributed by atoms with E-state index in [1.807, 2.05) is 48.5 Å². The van der Waals surface area contributed by atoms with E-state index in [2.05, 4.69) is 46.1 Å². The van der Waals surface area contributed by atoms with E-state index in [0.717, 1.165) is 17.2 Å².